The van der Waals surface area contributed by atoms with Gasteiger partial charge in [-0.15, -0.1) is 22.3 Å². The SMILES string of the molecule is C=CCN1C(=O)[C@@H](C)SC1=NS(=O)(=O)c1ccc(Cl)s1. The summed E-state index contributed by atoms with van der Waals surface area (Å²) in [6.07, 6.45) is 1.53. The molecule has 0 spiro atoms. The van der Waals surface area contributed by atoms with Crippen LogP contribution in [0.1, 0.15) is 6.92 Å². The zero-order valence-electron chi connectivity index (χ0n) is 10.4. The largest absolute Gasteiger partial charge is 0.294 e. The lowest BCUT2D eigenvalue weighted by molar-refractivity contribution is -0.125. The van der Waals surface area contributed by atoms with Crippen molar-refractivity contribution >= 4 is 55.8 Å². The minimum atomic E-state index is -3.85. The molecule has 1 fully saturated rings. The average molecular weight is 351 g/mol. The zero-order valence-corrected chi connectivity index (χ0v) is 13.7. The maximum absolute atomic E-state index is 12.2. The molecule has 0 aliphatic carbocycles. The molecular weight excluding hydrogens is 340 g/mol. The number of rotatable bonds is 4. The molecular formula is C11H11ClN2O3S3. The molecule has 20 heavy (non-hydrogen) atoms. The van der Waals surface area contributed by atoms with Crippen LogP contribution in [-0.4, -0.2) is 36.2 Å². The van der Waals surface area contributed by atoms with E-state index in [0.29, 0.717) is 4.34 Å². The third kappa shape index (κ3) is 3.08. The number of amidine groups is 1. The second kappa shape index (κ2) is 5.88. The number of hydrogen-bond acceptors (Lipinski definition) is 5. The van der Waals surface area contributed by atoms with Gasteiger partial charge in [-0.1, -0.05) is 29.4 Å². The minimum absolute atomic E-state index is 0.0566. The van der Waals surface area contributed by atoms with Crippen molar-refractivity contribution in [3.05, 3.63) is 29.1 Å². The van der Waals surface area contributed by atoms with Crippen molar-refractivity contribution < 1.29 is 13.2 Å². The van der Waals surface area contributed by atoms with Crippen LogP contribution in [0.4, 0.5) is 0 Å². The molecule has 0 radical (unpaired) electrons. The van der Waals surface area contributed by atoms with Gasteiger partial charge in [0.05, 0.1) is 9.59 Å². The van der Waals surface area contributed by atoms with Gasteiger partial charge in [-0.25, -0.2) is 0 Å². The Labute approximate surface area is 130 Å². The Morgan fingerprint density at radius 1 is 1.55 bits per heavy atom. The fraction of sp³-hybridized carbons (Fsp3) is 0.273. The molecule has 1 aromatic rings. The summed E-state index contributed by atoms with van der Waals surface area (Å²) in [5, 5.41) is -0.178. The summed E-state index contributed by atoms with van der Waals surface area (Å²) in [5.74, 6) is -0.173. The van der Waals surface area contributed by atoms with Gasteiger partial charge in [-0.3, -0.25) is 9.69 Å². The highest BCUT2D eigenvalue weighted by Gasteiger charge is 2.35. The lowest BCUT2D eigenvalue weighted by Crippen LogP contribution is -2.31. The zero-order chi connectivity index (χ0) is 14.9. The van der Waals surface area contributed by atoms with Crippen molar-refractivity contribution in [2.24, 2.45) is 4.40 Å². The summed E-state index contributed by atoms with van der Waals surface area (Å²) >= 11 is 7.78. The number of amides is 1. The molecule has 1 aromatic heterocycles. The normalized spacial score (nSPS) is 21.7. The first-order valence-corrected chi connectivity index (χ1v) is 9.06. The van der Waals surface area contributed by atoms with E-state index in [2.05, 4.69) is 11.0 Å². The number of sulfonamides is 1. The standard InChI is InChI=1S/C11H11ClN2O3S3/c1-3-6-14-10(15)7(2)18-11(14)13-20(16,17)9-5-4-8(12)19-9/h3-5,7H,1,6H2,2H3/t7-/m1/s1. The lowest BCUT2D eigenvalue weighted by Gasteiger charge is -2.12. The highest BCUT2D eigenvalue weighted by Crippen LogP contribution is 2.31. The summed E-state index contributed by atoms with van der Waals surface area (Å²) in [6.45, 7) is 5.49. The van der Waals surface area contributed by atoms with Crippen molar-refractivity contribution in [2.45, 2.75) is 16.4 Å². The Morgan fingerprint density at radius 3 is 2.80 bits per heavy atom. The Morgan fingerprint density at radius 2 is 2.25 bits per heavy atom. The molecule has 0 saturated carbocycles. The van der Waals surface area contributed by atoms with E-state index in [1.54, 1.807) is 6.92 Å². The predicted octanol–water partition coefficient (Wildman–Crippen LogP) is 2.60. The fourth-order valence-electron chi connectivity index (χ4n) is 1.54. The van der Waals surface area contributed by atoms with Gasteiger partial charge in [0.2, 0.25) is 5.91 Å². The molecule has 1 aliphatic rings. The van der Waals surface area contributed by atoms with Crippen LogP contribution >= 0.6 is 34.7 Å². The quantitative estimate of drug-likeness (QED) is 0.783. The summed E-state index contributed by atoms with van der Waals surface area (Å²) in [5.41, 5.74) is 0. The molecule has 9 heteroatoms. The van der Waals surface area contributed by atoms with Gasteiger partial charge in [-0.2, -0.15) is 8.42 Å². The van der Waals surface area contributed by atoms with Crippen molar-refractivity contribution in [1.82, 2.24) is 4.90 Å². The van der Waals surface area contributed by atoms with E-state index in [-0.39, 0.29) is 27.1 Å². The van der Waals surface area contributed by atoms with Crippen LogP contribution in [0.5, 0.6) is 0 Å². The van der Waals surface area contributed by atoms with Crippen LogP contribution in [0.2, 0.25) is 4.34 Å². The smallest absolute Gasteiger partial charge is 0.286 e. The molecule has 108 valence electrons. The molecule has 0 unspecified atom stereocenters. The number of carbonyl (C=O) groups is 1. The molecule has 0 N–H and O–H groups in total. The molecule has 2 rings (SSSR count). The second-order valence-corrected chi connectivity index (χ2v) is 8.76. The maximum atomic E-state index is 12.2. The number of thiophene rings is 1. The monoisotopic (exact) mass is 350 g/mol. The molecule has 0 bridgehead atoms. The summed E-state index contributed by atoms with van der Waals surface area (Å²) in [7, 11) is -3.85. The topological polar surface area (TPSA) is 66.8 Å². The highest BCUT2D eigenvalue weighted by atomic mass is 35.5. The summed E-state index contributed by atoms with van der Waals surface area (Å²) in [6, 6.07) is 2.89. The first-order chi connectivity index (χ1) is 9.35. The van der Waals surface area contributed by atoms with Gasteiger partial charge < -0.3 is 0 Å². The van der Waals surface area contributed by atoms with Gasteiger partial charge in [-0.05, 0) is 19.1 Å². The van der Waals surface area contributed by atoms with E-state index >= 15 is 0 Å². The van der Waals surface area contributed by atoms with Crippen LogP contribution < -0.4 is 0 Å². The number of halogens is 1. The van der Waals surface area contributed by atoms with Crippen molar-refractivity contribution in [3.8, 4) is 0 Å². The predicted molar refractivity (Wildman–Crippen MR) is 82.9 cm³/mol. The molecule has 0 aromatic carbocycles. The molecule has 2 heterocycles. The van der Waals surface area contributed by atoms with E-state index in [1.807, 2.05) is 0 Å². The maximum Gasteiger partial charge on any atom is 0.294 e. The minimum Gasteiger partial charge on any atom is -0.286 e. The number of hydrogen-bond donors (Lipinski definition) is 0. The van der Waals surface area contributed by atoms with Crippen LogP contribution in [-0.2, 0) is 14.8 Å². The van der Waals surface area contributed by atoms with Crippen molar-refractivity contribution in [3.63, 3.8) is 0 Å². The number of carbonyl (C=O) groups excluding carboxylic acids is 1. The number of thioether (sulfide) groups is 1. The van der Waals surface area contributed by atoms with Crippen molar-refractivity contribution in [2.75, 3.05) is 6.54 Å². The third-order valence-corrected chi connectivity index (χ3v) is 6.60. The van der Waals surface area contributed by atoms with Crippen LogP contribution in [0, 0.1) is 0 Å². The molecule has 1 amide bonds. The highest BCUT2D eigenvalue weighted by molar-refractivity contribution is 8.16. The lowest BCUT2D eigenvalue weighted by atomic mass is 10.4. The Kier molecular flexibility index (Phi) is 4.58. The second-order valence-electron chi connectivity index (χ2n) is 3.91. The van der Waals surface area contributed by atoms with E-state index < -0.39 is 10.0 Å². The summed E-state index contributed by atoms with van der Waals surface area (Å²) in [4.78, 5) is 13.2. The average Bonchev–Trinajstić information content (AvgIpc) is 2.90. The molecule has 5 nitrogen and oxygen atoms in total. The van der Waals surface area contributed by atoms with Gasteiger partial charge >= 0.3 is 0 Å². The van der Waals surface area contributed by atoms with Gasteiger partial charge in [0.15, 0.2) is 5.17 Å². The van der Waals surface area contributed by atoms with E-state index in [4.69, 9.17) is 11.6 Å². The van der Waals surface area contributed by atoms with Gasteiger partial charge in [0.25, 0.3) is 10.0 Å². The van der Waals surface area contributed by atoms with Gasteiger partial charge in [0, 0.05) is 6.54 Å². The summed E-state index contributed by atoms with van der Waals surface area (Å²) < 4.78 is 28.5. The third-order valence-electron chi connectivity index (χ3n) is 2.44. The Bertz CT molecular complexity index is 681. The van der Waals surface area contributed by atoms with Gasteiger partial charge in [0.1, 0.15) is 4.21 Å². The number of nitrogens with zero attached hydrogens (tertiary/aromatic N) is 2. The van der Waals surface area contributed by atoms with E-state index in [0.717, 1.165) is 23.1 Å². The molecule has 1 saturated heterocycles. The van der Waals surface area contributed by atoms with Crippen molar-refractivity contribution in [1.29, 1.82) is 0 Å². The van der Waals surface area contributed by atoms with Crippen LogP contribution in [0.25, 0.3) is 0 Å². The van der Waals surface area contributed by atoms with E-state index in [1.165, 1.54) is 23.1 Å². The fourth-order valence-corrected chi connectivity index (χ4v) is 5.19. The Hall–Kier alpha value is -0.830. The van der Waals surface area contributed by atoms with Crippen LogP contribution in [0.3, 0.4) is 0 Å². The first kappa shape index (κ1) is 15.6. The van der Waals surface area contributed by atoms with E-state index in [9.17, 15) is 13.2 Å². The molecule has 1 atom stereocenters. The first-order valence-electron chi connectivity index (χ1n) is 5.54. The Balaban J connectivity index is 2.38. The van der Waals surface area contributed by atoms with Crippen LogP contribution in [0.15, 0.2) is 33.4 Å². The molecule has 1 aliphatic heterocycles.